The lowest BCUT2D eigenvalue weighted by molar-refractivity contribution is 0.196. The van der Waals surface area contributed by atoms with E-state index in [1.165, 1.54) is 32.4 Å². The predicted octanol–water partition coefficient (Wildman–Crippen LogP) is 2.09. The molecule has 1 saturated heterocycles. The Morgan fingerprint density at radius 2 is 1.87 bits per heavy atom. The number of likely N-dealkylation sites (tertiary alicyclic amines) is 1. The van der Waals surface area contributed by atoms with Crippen LogP contribution >= 0.6 is 0 Å². The van der Waals surface area contributed by atoms with Gasteiger partial charge in [0.05, 0.1) is 0 Å². The Kier molecular flexibility index (Phi) is 3.36. The van der Waals surface area contributed by atoms with E-state index in [0.29, 0.717) is 6.04 Å². The molecule has 0 aromatic heterocycles. The first-order valence-corrected chi connectivity index (χ1v) is 6.59. The van der Waals surface area contributed by atoms with Gasteiger partial charge in [0.2, 0.25) is 0 Å². The summed E-state index contributed by atoms with van der Waals surface area (Å²) in [6, 6.07) is 1.20. The Balaban J connectivity index is 1.97. The highest BCUT2D eigenvalue weighted by atomic mass is 15.2. The van der Waals surface area contributed by atoms with Gasteiger partial charge in [-0.3, -0.25) is 4.90 Å². The van der Waals surface area contributed by atoms with Crippen molar-refractivity contribution in [3.8, 4) is 0 Å². The number of hydrogen-bond donors (Lipinski definition) is 1. The van der Waals surface area contributed by atoms with Crippen LogP contribution in [0.15, 0.2) is 0 Å². The van der Waals surface area contributed by atoms with Crippen molar-refractivity contribution in [2.24, 2.45) is 23.5 Å². The molecular weight excluding hydrogens is 184 g/mol. The summed E-state index contributed by atoms with van der Waals surface area (Å²) >= 11 is 0. The molecule has 2 fully saturated rings. The van der Waals surface area contributed by atoms with Gasteiger partial charge in [-0.15, -0.1) is 0 Å². The highest BCUT2D eigenvalue weighted by Gasteiger charge is 2.40. The zero-order chi connectivity index (χ0) is 11.0. The molecule has 2 nitrogen and oxygen atoms in total. The van der Waals surface area contributed by atoms with E-state index in [4.69, 9.17) is 5.73 Å². The summed E-state index contributed by atoms with van der Waals surface area (Å²) in [6.45, 7) is 9.58. The van der Waals surface area contributed by atoms with Crippen LogP contribution in [0.4, 0.5) is 0 Å². The molecule has 2 aliphatic rings. The molecule has 1 aliphatic heterocycles. The number of rotatable bonds is 2. The second kappa shape index (κ2) is 4.42. The molecule has 2 rings (SSSR count). The van der Waals surface area contributed by atoms with Crippen molar-refractivity contribution >= 4 is 0 Å². The number of nitrogens with zero attached hydrogens (tertiary/aromatic N) is 1. The van der Waals surface area contributed by atoms with Crippen molar-refractivity contribution in [1.82, 2.24) is 4.90 Å². The third kappa shape index (κ3) is 2.21. The monoisotopic (exact) mass is 210 g/mol. The maximum Gasteiger partial charge on any atom is 0.00901 e. The van der Waals surface area contributed by atoms with E-state index in [1.54, 1.807) is 0 Å². The Morgan fingerprint density at radius 3 is 2.47 bits per heavy atom. The molecule has 15 heavy (non-hydrogen) atoms. The molecule has 2 N–H and O–H groups in total. The van der Waals surface area contributed by atoms with E-state index in [1.807, 2.05) is 0 Å². The molecule has 1 heterocycles. The molecule has 0 spiro atoms. The van der Waals surface area contributed by atoms with Crippen LogP contribution in [-0.4, -0.2) is 30.1 Å². The van der Waals surface area contributed by atoms with Gasteiger partial charge in [-0.2, -0.15) is 0 Å². The number of fused-ring (bicyclic) bond motifs is 1. The lowest BCUT2D eigenvalue weighted by atomic mass is 9.78. The summed E-state index contributed by atoms with van der Waals surface area (Å²) in [5, 5.41) is 0. The fourth-order valence-corrected chi connectivity index (χ4v) is 3.31. The molecule has 1 aliphatic carbocycles. The first kappa shape index (κ1) is 11.4. The summed E-state index contributed by atoms with van der Waals surface area (Å²) in [4.78, 5) is 2.67. The average molecular weight is 210 g/mol. The Morgan fingerprint density at radius 1 is 1.13 bits per heavy atom. The largest absolute Gasteiger partial charge is 0.327 e. The van der Waals surface area contributed by atoms with Gasteiger partial charge in [0.15, 0.2) is 0 Å². The maximum atomic E-state index is 6.23. The second-order valence-electron chi connectivity index (χ2n) is 5.96. The molecule has 0 bridgehead atoms. The molecule has 1 saturated carbocycles. The summed E-state index contributed by atoms with van der Waals surface area (Å²) in [7, 11) is 0. The normalized spacial score (nSPS) is 39.4. The van der Waals surface area contributed by atoms with Crippen LogP contribution in [-0.2, 0) is 0 Å². The van der Waals surface area contributed by atoms with E-state index < -0.39 is 0 Å². The molecule has 88 valence electrons. The van der Waals surface area contributed by atoms with Crippen LogP contribution in [0.1, 0.15) is 40.0 Å². The van der Waals surface area contributed by atoms with Gasteiger partial charge in [0.25, 0.3) is 0 Å². The lowest BCUT2D eigenvalue weighted by Gasteiger charge is -2.30. The average Bonchev–Trinajstić information content (AvgIpc) is 2.61. The summed E-state index contributed by atoms with van der Waals surface area (Å²) in [6.07, 6.45) is 4.02. The summed E-state index contributed by atoms with van der Waals surface area (Å²) in [5.74, 6) is 2.45. The minimum atomic E-state index is 0.480. The Bertz CT molecular complexity index is 215. The van der Waals surface area contributed by atoms with Crippen LogP contribution in [0.2, 0.25) is 0 Å². The maximum absolute atomic E-state index is 6.23. The minimum Gasteiger partial charge on any atom is -0.327 e. The first-order valence-electron chi connectivity index (χ1n) is 6.59. The third-order valence-electron chi connectivity index (χ3n) is 4.72. The molecule has 0 amide bonds. The van der Waals surface area contributed by atoms with E-state index in [-0.39, 0.29) is 0 Å². The van der Waals surface area contributed by atoms with Crippen LogP contribution in [0.5, 0.6) is 0 Å². The predicted molar refractivity (Wildman–Crippen MR) is 64.7 cm³/mol. The molecule has 2 heteroatoms. The zero-order valence-electron chi connectivity index (χ0n) is 10.4. The van der Waals surface area contributed by atoms with Crippen LogP contribution < -0.4 is 5.73 Å². The Labute approximate surface area is 94.2 Å². The highest BCUT2D eigenvalue weighted by molar-refractivity contribution is 4.94. The minimum absolute atomic E-state index is 0.480. The van der Waals surface area contributed by atoms with Crippen LogP contribution in [0, 0.1) is 17.8 Å². The lowest BCUT2D eigenvalue weighted by Crippen LogP contribution is -2.39. The SMILES string of the molecule is CC(C)C(C)N1CC2CCCC(N)C2C1. The molecule has 0 aromatic rings. The van der Waals surface area contributed by atoms with Crippen molar-refractivity contribution in [2.75, 3.05) is 13.1 Å². The second-order valence-corrected chi connectivity index (χ2v) is 5.96. The van der Waals surface area contributed by atoms with Gasteiger partial charge >= 0.3 is 0 Å². The van der Waals surface area contributed by atoms with Crippen molar-refractivity contribution in [2.45, 2.75) is 52.1 Å². The van der Waals surface area contributed by atoms with Gasteiger partial charge in [-0.05, 0) is 37.5 Å². The van der Waals surface area contributed by atoms with E-state index in [0.717, 1.165) is 23.8 Å². The highest BCUT2D eigenvalue weighted by Crippen LogP contribution is 2.36. The third-order valence-corrected chi connectivity index (χ3v) is 4.72. The standard InChI is InChI=1S/C13H26N2/c1-9(2)10(3)15-7-11-5-4-6-13(14)12(11)8-15/h9-13H,4-8,14H2,1-3H3. The van der Waals surface area contributed by atoms with Crippen molar-refractivity contribution in [3.63, 3.8) is 0 Å². The van der Waals surface area contributed by atoms with Gasteiger partial charge in [0, 0.05) is 25.2 Å². The van der Waals surface area contributed by atoms with Crippen molar-refractivity contribution in [1.29, 1.82) is 0 Å². The van der Waals surface area contributed by atoms with Crippen molar-refractivity contribution < 1.29 is 0 Å². The van der Waals surface area contributed by atoms with Gasteiger partial charge in [0.1, 0.15) is 0 Å². The molecule has 0 aromatic carbocycles. The number of hydrogen-bond acceptors (Lipinski definition) is 2. The van der Waals surface area contributed by atoms with Gasteiger partial charge in [-0.1, -0.05) is 20.3 Å². The molecule has 4 atom stereocenters. The summed E-state index contributed by atoms with van der Waals surface area (Å²) < 4.78 is 0. The molecule has 4 unspecified atom stereocenters. The van der Waals surface area contributed by atoms with Crippen molar-refractivity contribution in [3.05, 3.63) is 0 Å². The van der Waals surface area contributed by atoms with E-state index >= 15 is 0 Å². The molecule has 0 radical (unpaired) electrons. The van der Waals surface area contributed by atoms with E-state index in [2.05, 4.69) is 25.7 Å². The smallest absolute Gasteiger partial charge is 0.00901 e. The van der Waals surface area contributed by atoms with Gasteiger partial charge < -0.3 is 5.73 Å². The topological polar surface area (TPSA) is 29.3 Å². The van der Waals surface area contributed by atoms with Crippen LogP contribution in [0.3, 0.4) is 0 Å². The fraction of sp³-hybridized carbons (Fsp3) is 1.00. The van der Waals surface area contributed by atoms with Crippen LogP contribution in [0.25, 0.3) is 0 Å². The quantitative estimate of drug-likeness (QED) is 0.756. The molecular formula is C13H26N2. The summed E-state index contributed by atoms with van der Waals surface area (Å²) in [5.41, 5.74) is 6.23. The van der Waals surface area contributed by atoms with Gasteiger partial charge in [-0.25, -0.2) is 0 Å². The van der Waals surface area contributed by atoms with E-state index in [9.17, 15) is 0 Å². The Hall–Kier alpha value is -0.0800. The fourth-order valence-electron chi connectivity index (χ4n) is 3.31. The zero-order valence-corrected chi connectivity index (χ0v) is 10.4. The number of nitrogens with two attached hydrogens (primary N) is 1. The first-order chi connectivity index (χ1) is 7.09.